The van der Waals surface area contributed by atoms with Gasteiger partial charge in [-0.05, 0) is 12.8 Å². The summed E-state index contributed by atoms with van der Waals surface area (Å²) in [6.45, 7) is 1.36. The summed E-state index contributed by atoms with van der Waals surface area (Å²) in [5.41, 5.74) is 0. The van der Waals surface area contributed by atoms with Crippen molar-refractivity contribution in [3.8, 4) is 0 Å². The number of esters is 1. The lowest BCUT2D eigenvalue weighted by molar-refractivity contribution is -0.141. The van der Waals surface area contributed by atoms with Gasteiger partial charge >= 0.3 is 5.97 Å². The molecule has 0 fully saturated rings. The fourth-order valence-electron chi connectivity index (χ4n) is 1.82. The number of methoxy groups -OCH3 is 1. The van der Waals surface area contributed by atoms with E-state index < -0.39 is 30.0 Å². The van der Waals surface area contributed by atoms with Crippen molar-refractivity contribution in [1.82, 2.24) is 5.32 Å². The van der Waals surface area contributed by atoms with Crippen LogP contribution in [-0.2, 0) is 19.1 Å². The van der Waals surface area contributed by atoms with Gasteiger partial charge in [-0.2, -0.15) is 0 Å². The minimum Gasteiger partial charge on any atom is -0.469 e. The summed E-state index contributed by atoms with van der Waals surface area (Å²) < 4.78 is 4.47. The van der Waals surface area contributed by atoms with Gasteiger partial charge in [-0.25, -0.2) is 0 Å². The number of rotatable bonds is 11. The zero-order valence-corrected chi connectivity index (χ0v) is 12.9. The number of hydrogen-bond donors (Lipinski definition) is 4. The third-order valence-corrected chi connectivity index (χ3v) is 3.39. The lowest BCUT2D eigenvalue weighted by Crippen LogP contribution is -2.46. The van der Waals surface area contributed by atoms with Gasteiger partial charge < -0.3 is 30.2 Å². The number of aliphatic hydroxyl groups is 3. The predicted molar refractivity (Wildman–Crippen MR) is 76.7 cm³/mol. The highest BCUT2D eigenvalue weighted by Crippen LogP contribution is 2.15. The van der Waals surface area contributed by atoms with Crippen LogP contribution in [0.1, 0.15) is 26.2 Å². The molecule has 8 heteroatoms. The van der Waals surface area contributed by atoms with Gasteiger partial charge in [-0.3, -0.25) is 9.59 Å². The number of nitrogens with one attached hydrogen (secondary N) is 1. The number of carbonyl (C=O) groups is 3. The molecule has 0 aliphatic carbocycles. The molecule has 4 N–H and O–H groups in total. The quantitative estimate of drug-likeness (QED) is 0.209. The molecule has 0 aliphatic rings. The SMILES string of the molecule is COC(=O)CCCCNC(=O)C(O)C(C=O)C(O)C(C)CO. The van der Waals surface area contributed by atoms with Crippen molar-refractivity contribution in [2.24, 2.45) is 11.8 Å². The molecule has 1 amide bonds. The topological polar surface area (TPSA) is 133 Å². The molecule has 128 valence electrons. The number of carbonyl (C=O) groups excluding carboxylic acids is 3. The molecule has 0 heterocycles. The van der Waals surface area contributed by atoms with E-state index in [1.54, 1.807) is 0 Å². The molecule has 0 bridgehead atoms. The van der Waals surface area contributed by atoms with E-state index in [1.807, 2.05) is 0 Å². The van der Waals surface area contributed by atoms with Crippen molar-refractivity contribution in [3.63, 3.8) is 0 Å². The van der Waals surface area contributed by atoms with Crippen molar-refractivity contribution in [3.05, 3.63) is 0 Å². The van der Waals surface area contributed by atoms with Gasteiger partial charge in [0.15, 0.2) is 0 Å². The molecule has 0 aromatic rings. The van der Waals surface area contributed by atoms with Gasteiger partial charge in [-0.1, -0.05) is 6.92 Å². The molecule has 0 saturated carbocycles. The number of aliphatic hydroxyl groups excluding tert-OH is 3. The summed E-state index contributed by atoms with van der Waals surface area (Å²) in [6.07, 6.45) is -1.44. The maximum atomic E-state index is 11.7. The second-order valence-electron chi connectivity index (χ2n) is 5.13. The molecule has 0 aromatic carbocycles. The smallest absolute Gasteiger partial charge is 0.305 e. The Hall–Kier alpha value is -1.51. The lowest BCUT2D eigenvalue weighted by atomic mass is 9.89. The Kier molecular flexibility index (Phi) is 10.3. The summed E-state index contributed by atoms with van der Waals surface area (Å²) >= 11 is 0. The molecule has 0 spiro atoms. The normalized spacial score (nSPS) is 16.2. The molecule has 0 aliphatic heterocycles. The van der Waals surface area contributed by atoms with E-state index in [0.29, 0.717) is 19.1 Å². The molecule has 8 nitrogen and oxygen atoms in total. The molecule has 4 atom stereocenters. The van der Waals surface area contributed by atoms with E-state index in [1.165, 1.54) is 14.0 Å². The standard InChI is InChI=1S/C14H25NO7/c1-9(7-16)12(19)10(8-17)13(20)14(21)15-6-4-3-5-11(18)22-2/h8-10,12-13,16,19-20H,3-7H2,1-2H3,(H,15,21). The largest absolute Gasteiger partial charge is 0.469 e. The average Bonchev–Trinajstić information content (AvgIpc) is 2.53. The van der Waals surface area contributed by atoms with Crippen LogP contribution in [0, 0.1) is 11.8 Å². The number of aldehydes is 1. The Morgan fingerprint density at radius 3 is 2.41 bits per heavy atom. The number of amides is 1. The highest BCUT2D eigenvalue weighted by Gasteiger charge is 2.34. The highest BCUT2D eigenvalue weighted by atomic mass is 16.5. The molecule has 0 saturated heterocycles. The Labute approximate surface area is 129 Å². The first-order valence-corrected chi connectivity index (χ1v) is 7.15. The van der Waals surface area contributed by atoms with Gasteiger partial charge in [0.25, 0.3) is 0 Å². The lowest BCUT2D eigenvalue weighted by Gasteiger charge is -2.25. The van der Waals surface area contributed by atoms with Crippen LogP contribution in [0.3, 0.4) is 0 Å². The van der Waals surface area contributed by atoms with Crippen LogP contribution in [0.2, 0.25) is 0 Å². The zero-order chi connectivity index (χ0) is 17.1. The summed E-state index contributed by atoms with van der Waals surface area (Å²) in [7, 11) is 1.29. The number of ether oxygens (including phenoxy) is 1. The highest BCUT2D eigenvalue weighted by molar-refractivity contribution is 5.84. The second kappa shape index (κ2) is 11.1. The predicted octanol–water partition coefficient (Wildman–Crippen LogP) is -1.39. The summed E-state index contributed by atoms with van der Waals surface area (Å²) in [5, 5.41) is 31.0. The van der Waals surface area contributed by atoms with E-state index in [-0.39, 0.29) is 25.5 Å². The van der Waals surface area contributed by atoms with Gasteiger partial charge in [0.2, 0.25) is 5.91 Å². The minimum atomic E-state index is -1.69. The van der Waals surface area contributed by atoms with Crippen molar-refractivity contribution >= 4 is 18.2 Å². The van der Waals surface area contributed by atoms with E-state index in [2.05, 4.69) is 10.1 Å². The number of hydrogen-bond acceptors (Lipinski definition) is 7. The summed E-state index contributed by atoms with van der Waals surface area (Å²) in [5.74, 6) is -3.07. The first-order chi connectivity index (χ1) is 10.4. The van der Waals surface area contributed by atoms with Crippen LogP contribution in [0.4, 0.5) is 0 Å². The first-order valence-electron chi connectivity index (χ1n) is 7.15. The molecule has 22 heavy (non-hydrogen) atoms. The zero-order valence-electron chi connectivity index (χ0n) is 12.9. The molecular weight excluding hydrogens is 294 g/mol. The van der Waals surface area contributed by atoms with Gasteiger partial charge in [0, 0.05) is 25.5 Å². The maximum absolute atomic E-state index is 11.7. The molecule has 0 rings (SSSR count). The van der Waals surface area contributed by atoms with Crippen LogP contribution < -0.4 is 5.32 Å². The van der Waals surface area contributed by atoms with Crippen LogP contribution in [-0.4, -0.2) is 66.0 Å². The summed E-state index contributed by atoms with van der Waals surface area (Å²) in [6, 6.07) is 0. The van der Waals surface area contributed by atoms with Crippen molar-refractivity contribution in [1.29, 1.82) is 0 Å². The van der Waals surface area contributed by atoms with Gasteiger partial charge in [0.05, 0.1) is 19.1 Å². The van der Waals surface area contributed by atoms with Crippen LogP contribution in [0.5, 0.6) is 0 Å². The van der Waals surface area contributed by atoms with E-state index >= 15 is 0 Å². The fraction of sp³-hybridized carbons (Fsp3) is 0.786. The third-order valence-electron chi connectivity index (χ3n) is 3.39. The Balaban J connectivity index is 4.23. The van der Waals surface area contributed by atoms with E-state index in [9.17, 15) is 24.6 Å². The minimum absolute atomic E-state index is 0.226. The monoisotopic (exact) mass is 319 g/mol. The Morgan fingerprint density at radius 1 is 1.27 bits per heavy atom. The van der Waals surface area contributed by atoms with Crippen molar-refractivity contribution in [2.75, 3.05) is 20.3 Å². The van der Waals surface area contributed by atoms with Gasteiger partial charge in [0.1, 0.15) is 12.4 Å². The maximum Gasteiger partial charge on any atom is 0.305 e. The average molecular weight is 319 g/mol. The Morgan fingerprint density at radius 2 is 1.91 bits per heavy atom. The number of unbranched alkanes of at least 4 members (excludes halogenated alkanes) is 1. The molecule has 0 radical (unpaired) electrons. The molecular formula is C14H25NO7. The summed E-state index contributed by atoms with van der Waals surface area (Å²) in [4.78, 5) is 33.6. The van der Waals surface area contributed by atoms with Crippen LogP contribution in [0.15, 0.2) is 0 Å². The molecule has 4 unspecified atom stereocenters. The third kappa shape index (κ3) is 6.97. The Bertz CT molecular complexity index is 361. The molecule has 0 aromatic heterocycles. The van der Waals surface area contributed by atoms with Crippen LogP contribution >= 0.6 is 0 Å². The van der Waals surface area contributed by atoms with Crippen molar-refractivity contribution in [2.45, 2.75) is 38.4 Å². The second-order valence-corrected chi connectivity index (χ2v) is 5.13. The van der Waals surface area contributed by atoms with Crippen molar-refractivity contribution < 1.29 is 34.4 Å². The van der Waals surface area contributed by atoms with Crippen LogP contribution in [0.25, 0.3) is 0 Å². The fourth-order valence-corrected chi connectivity index (χ4v) is 1.82. The van der Waals surface area contributed by atoms with E-state index in [4.69, 9.17) is 5.11 Å². The van der Waals surface area contributed by atoms with Gasteiger partial charge in [-0.15, -0.1) is 0 Å². The van der Waals surface area contributed by atoms with E-state index in [0.717, 1.165) is 0 Å². The first kappa shape index (κ1) is 20.5.